The van der Waals surface area contributed by atoms with Gasteiger partial charge in [-0.2, -0.15) is 0 Å². The van der Waals surface area contributed by atoms with Crippen LogP contribution in [0, 0.1) is 11.6 Å². The number of nitrogens with zero attached hydrogens (tertiary/aromatic N) is 1. The van der Waals surface area contributed by atoms with Gasteiger partial charge >= 0.3 is 0 Å². The predicted molar refractivity (Wildman–Crippen MR) is 74.4 cm³/mol. The molecule has 1 aromatic carbocycles. The van der Waals surface area contributed by atoms with Gasteiger partial charge in [0.2, 0.25) is 0 Å². The summed E-state index contributed by atoms with van der Waals surface area (Å²) < 4.78 is 27.0. The van der Waals surface area contributed by atoms with Crippen LogP contribution in [0.25, 0.3) is 0 Å². The molecule has 0 aromatic heterocycles. The van der Waals surface area contributed by atoms with Crippen LogP contribution in [0.2, 0.25) is 0 Å². The maximum Gasteiger partial charge on any atom is 0.256 e. The molecule has 0 bridgehead atoms. The van der Waals surface area contributed by atoms with Crippen LogP contribution in [0.3, 0.4) is 0 Å². The highest BCUT2D eigenvalue weighted by atomic mass is 79.9. The molecular weight excluding hydrogens is 341 g/mol. The first-order valence-electron chi connectivity index (χ1n) is 5.68. The van der Waals surface area contributed by atoms with Crippen molar-refractivity contribution in [3.63, 3.8) is 0 Å². The molecule has 0 radical (unpaired) electrons. The number of carbonyl (C=O) groups excluding carboxylic acids is 1. The highest BCUT2D eigenvalue weighted by Crippen LogP contribution is 2.22. The zero-order chi connectivity index (χ0) is 13.3. The number of amides is 1. The summed E-state index contributed by atoms with van der Waals surface area (Å²) in [5, 5.41) is 0. The van der Waals surface area contributed by atoms with E-state index in [2.05, 4.69) is 15.9 Å². The number of halogens is 4. The summed E-state index contributed by atoms with van der Waals surface area (Å²) in [7, 11) is 0. The summed E-state index contributed by atoms with van der Waals surface area (Å²) in [5.41, 5.74) is 5.52. The molecule has 19 heavy (non-hydrogen) atoms. The normalized spacial score (nSPS) is 18.9. The minimum atomic E-state index is -0.729. The molecule has 0 aliphatic carbocycles. The van der Waals surface area contributed by atoms with E-state index in [1.165, 1.54) is 4.90 Å². The van der Waals surface area contributed by atoms with Gasteiger partial charge in [0.15, 0.2) is 0 Å². The molecule has 2 rings (SSSR count). The molecule has 7 heteroatoms. The Kier molecular flexibility index (Phi) is 5.70. The number of piperidine rings is 1. The van der Waals surface area contributed by atoms with Gasteiger partial charge in [-0.15, -0.1) is 12.4 Å². The van der Waals surface area contributed by atoms with Crippen LogP contribution in [0.1, 0.15) is 23.2 Å². The number of nitrogens with two attached hydrogens (primary N) is 1. The first-order valence-corrected chi connectivity index (χ1v) is 6.47. The Morgan fingerprint density at radius 3 is 2.68 bits per heavy atom. The summed E-state index contributed by atoms with van der Waals surface area (Å²) in [6, 6.07) is 1.79. The standard InChI is InChI=1S/C12H13BrF2N2O.ClH/c13-9-5-10(14)8(4-11(9)15)12(18)17-3-1-2-7(16)6-17;/h4-5,7H,1-3,6,16H2;1H/t7-;/m1./s1. The average molecular weight is 356 g/mol. The van der Waals surface area contributed by atoms with Crippen LogP contribution in [0.4, 0.5) is 8.78 Å². The van der Waals surface area contributed by atoms with Crippen molar-refractivity contribution in [3.8, 4) is 0 Å². The first kappa shape index (κ1) is 16.3. The van der Waals surface area contributed by atoms with Gasteiger partial charge in [-0.1, -0.05) is 0 Å². The molecular formula is C12H14BrClF2N2O. The molecule has 1 heterocycles. The largest absolute Gasteiger partial charge is 0.337 e. The fourth-order valence-corrected chi connectivity index (χ4v) is 2.37. The number of hydrogen-bond acceptors (Lipinski definition) is 2. The van der Waals surface area contributed by atoms with Crippen LogP contribution in [0.15, 0.2) is 16.6 Å². The van der Waals surface area contributed by atoms with Gasteiger partial charge in [0, 0.05) is 19.1 Å². The minimum Gasteiger partial charge on any atom is -0.337 e. The lowest BCUT2D eigenvalue weighted by atomic mass is 10.1. The van der Waals surface area contributed by atoms with Gasteiger partial charge in [0.1, 0.15) is 11.6 Å². The molecule has 0 saturated carbocycles. The second kappa shape index (κ2) is 6.63. The second-order valence-electron chi connectivity index (χ2n) is 4.40. The van der Waals surface area contributed by atoms with Gasteiger partial charge in [-0.25, -0.2) is 8.78 Å². The third kappa shape index (κ3) is 3.64. The Balaban J connectivity index is 0.00000180. The number of carbonyl (C=O) groups is 1. The van der Waals surface area contributed by atoms with Crippen LogP contribution < -0.4 is 5.73 Å². The molecule has 106 valence electrons. The van der Waals surface area contributed by atoms with E-state index in [0.29, 0.717) is 13.1 Å². The van der Waals surface area contributed by atoms with Gasteiger partial charge in [-0.3, -0.25) is 4.79 Å². The summed E-state index contributed by atoms with van der Waals surface area (Å²) in [4.78, 5) is 13.6. The van der Waals surface area contributed by atoms with E-state index in [-0.39, 0.29) is 28.5 Å². The lowest BCUT2D eigenvalue weighted by Crippen LogP contribution is -2.45. The van der Waals surface area contributed by atoms with E-state index >= 15 is 0 Å². The predicted octanol–water partition coefficient (Wildman–Crippen LogP) is 2.71. The monoisotopic (exact) mass is 354 g/mol. The fraction of sp³-hybridized carbons (Fsp3) is 0.417. The molecule has 1 aromatic rings. The SMILES string of the molecule is Cl.N[C@@H]1CCCN(C(=O)c2cc(F)c(Br)cc2F)C1. The van der Waals surface area contributed by atoms with Crippen molar-refractivity contribution in [1.29, 1.82) is 0 Å². The quantitative estimate of drug-likeness (QED) is 0.787. The number of likely N-dealkylation sites (tertiary alicyclic amines) is 1. The molecule has 1 amide bonds. The molecule has 1 fully saturated rings. The van der Waals surface area contributed by atoms with Crippen molar-refractivity contribution in [3.05, 3.63) is 33.8 Å². The lowest BCUT2D eigenvalue weighted by Gasteiger charge is -2.30. The summed E-state index contributed by atoms with van der Waals surface area (Å²) in [6.07, 6.45) is 1.63. The zero-order valence-electron chi connectivity index (χ0n) is 10.0. The lowest BCUT2D eigenvalue weighted by molar-refractivity contribution is 0.0703. The number of benzene rings is 1. The molecule has 0 unspecified atom stereocenters. The third-order valence-electron chi connectivity index (χ3n) is 2.99. The molecule has 1 saturated heterocycles. The minimum absolute atomic E-state index is 0. The Labute approximate surface area is 124 Å². The molecule has 0 spiro atoms. The number of rotatable bonds is 1. The molecule has 2 N–H and O–H groups in total. The van der Waals surface area contributed by atoms with Gasteiger partial charge < -0.3 is 10.6 Å². The Morgan fingerprint density at radius 2 is 2.05 bits per heavy atom. The van der Waals surface area contributed by atoms with Crippen molar-refractivity contribution >= 4 is 34.2 Å². The highest BCUT2D eigenvalue weighted by molar-refractivity contribution is 9.10. The van der Waals surface area contributed by atoms with Gasteiger partial charge in [0.25, 0.3) is 5.91 Å². The molecule has 1 aliphatic rings. The Bertz CT molecular complexity index is 487. The fourth-order valence-electron chi connectivity index (χ4n) is 2.05. The van der Waals surface area contributed by atoms with Crippen molar-refractivity contribution in [2.75, 3.05) is 13.1 Å². The first-order chi connectivity index (χ1) is 8.49. The average Bonchev–Trinajstić information content (AvgIpc) is 2.33. The molecule has 1 atom stereocenters. The highest BCUT2D eigenvalue weighted by Gasteiger charge is 2.25. The van der Waals surface area contributed by atoms with Crippen molar-refractivity contribution in [2.24, 2.45) is 5.73 Å². The summed E-state index contributed by atoms with van der Waals surface area (Å²) in [5.74, 6) is -1.89. The molecule has 1 aliphatic heterocycles. The van der Waals surface area contributed by atoms with Crippen molar-refractivity contribution in [2.45, 2.75) is 18.9 Å². The number of hydrogen-bond donors (Lipinski definition) is 1. The summed E-state index contributed by atoms with van der Waals surface area (Å²) in [6.45, 7) is 0.916. The van der Waals surface area contributed by atoms with Crippen LogP contribution in [-0.4, -0.2) is 29.9 Å². The van der Waals surface area contributed by atoms with Crippen molar-refractivity contribution < 1.29 is 13.6 Å². The van der Waals surface area contributed by atoms with E-state index in [4.69, 9.17) is 5.73 Å². The van der Waals surface area contributed by atoms with Crippen LogP contribution >= 0.6 is 28.3 Å². The van der Waals surface area contributed by atoms with E-state index in [1.807, 2.05) is 0 Å². The van der Waals surface area contributed by atoms with Crippen LogP contribution in [0.5, 0.6) is 0 Å². The maximum absolute atomic E-state index is 13.7. The Hall–Kier alpha value is -0.720. The summed E-state index contributed by atoms with van der Waals surface area (Å²) >= 11 is 2.87. The van der Waals surface area contributed by atoms with Crippen molar-refractivity contribution in [1.82, 2.24) is 4.90 Å². The van der Waals surface area contributed by atoms with Gasteiger partial charge in [-0.05, 0) is 40.9 Å². The molecule has 3 nitrogen and oxygen atoms in total. The van der Waals surface area contributed by atoms with Gasteiger partial charge in [0.05, 0.1) is 10.0 Å². The smallest absolute Gasteiger partial charge is 0.256 e. The van der Waals surface area contributed by atoms with E-state index in [0.717, 1.165) is 25.0 Å². The maximum atomic E-state index is 13.7. The zero-order valence-corrected chi connectivity index (χ0v) is 12.4. The van der Waals surface area contributed by atoms with Crippen LogP contribution in [-0.2, 0) is 0 Å². The van der Waals surface area contributed by atoms with E-state index in [1.54, 1.807) is 0 Å². The Morgan fingerprint density at radius 1 is 1.37 bits per heavy atom. The van der Waals surface area contributed by atoms with E-state index in [9.17, 15) is 13.6 Å². The topological polar surface area (TPSA) is 46.3 Å². The third-order valence-corrected chi connectivity index (χ3v) is 3.59. The van der Waals surface area contributed by atoms with E-state index < -0.39 is 17.5 Å². The second-order valence-corrected chi connectivity index (χ2v) is 5.25.